The molecule has 0 aliphatic heterocycles. The van der Waals surface area contributed by atoms with E-state index in [4.69, 9.17) is 15.8 Å². The fraction of sp³-hybridized carbons (Fsp3) is 0.727. The second kappa shape index (κ2) is 16.1. The Hall–Kier alpha value is 1.73. The molecular weight excluding hydrogens is 295 g/mol. The van der Waals surface area contributed by atoms with E-state index in [2.05, 4.69) is 0 Å². The van der Waals surface area contributed by atoms with Crippen molar-refractivity contribution >= 4 is 7.12 Å². The Morgan fingerprint density at radius 3 is 1.63 bits per heavy atom. The average molecular weight is 309 g/mol. The molecule has 0 saturated carbocycles. The summed E-state index contributed by atoms with van der Waals surface area (Å²) in [6.45, 7) is 0. The van der Waals surface area contributed by atoms with Crippen molar-refractivity contribution in [2.24, 2.45) is 5.41 Å². The second-order valence-electron chi connectivity index (χ2n) is 3.98. The molecule has 0 aromatic carbocycles. The van der Waals surface area contributed by atoms with E-state index in [1.54, 1.807) is 18.2 Å². The molecule has 5 nitrogen and oxygen atoms in total. The van der Waals surface area contributed by atoms with Gasteiger partial charge in [0.05, 0.1) is 0 Å². The Bertz CT molecular complexity index is 311. The zero-order valence-electron chi connectivity index (χ0n) is 11.7. The molecule has 0 atom stereocenters. The Morgan fingerprint density at radius 2 is 1.21 bits per heavy atom. The molecular formula is C11H14BK2N3O2. The molecule has 0 aliphatic carbocycles. The van der Waals surface area contributed by atoms with Crippen molar-refractivity contribution in [1.29, 1.82) is 15.8 Å². The zero-order chi connectivity index (χ0) is 13.1. The summed E-state index contributed by atoms with van der Waals surface area (Å²) < 4.78 is 0. The number of nitriles is 3. The van der Waals surface area contributed by atoms with Crippen LogP contribution >= 0.6 is 0 Å². The smallest absolute Gasteiger partial charge is 0.893 e. The van der Waals surface area contributed by atoms with Gasteiger partial charge < -0.3 is 10.0 Å². The minimum Gasteiger partial charge on any atom is -0.893 e. The van der Waals surface area contributed by atoms with Crippen molar-refractivity contribution in [3.05, 3.63) is 0 Å². The molecule has 19 heavy (non-hydrogen) atoms. The third kappa shape index (κ3) is 13.1. The normalized spacial score (nSPS) is 9.00. The van der Waals surface area contributed by atoms with Crippen molar-refractivity contribution in [3.8, 4) is 18.2 Å². The maximum atomic E-state index is 10.2. The van der Waals surface area contributed by atoms with Gasteiger partial charge in [-0.1, -0.05) is 25.7 Å². The summed E-state index contributed by atoms with van der Waals surface area (Å²) in [6, 6.07) is 5.18. The summed E-state index contributed by atoms with van der Waals surface area (Å²) in [6.07, 6.45) is 4.12. The van der Waals surface area contributed by atoms with Gasteiger partial charge in [-0.15, -0.1) is 13.4 Å². The minimum atomic E-state index is -1.74. The predicted molar refractivity (Wildman–Crippen MR) is 57.5 cm³/mol. The van der Waals surface area contributed by atoms with Crippen molar-refractivity contribution in [1.82, 2.24) is 0 Å². The summed E-state index contributed by atoms with van der Waals surface area (Å²) >= 11 is 0. The largest absolute Gasteiger partial charge is 1.00 e. The summed E-state index contributed by atoms with van der Waals surface area (Å²) in [7, 11) is -1.74. The third-order valence-corrected chi connectivity index (χ3v) is 2.56. The zero-order valence-corrected chi connectivity index (χ0v) is 17.9. The first kappa shape index (κ1) is 25.7. The van der Waals surface area contributed by atoms with Crippen LogP contribution in [0.3, 0.4) is 0 Å². The van der Waals surface area contributed by atoms with Crippen LogP contribution in [0.5, 0.6) is 0 Å². The Kier molecular flexibility index (Phi) is 21.8. The van der Waals surface area contributed by atoms with Crippen molar-refractivity contribution < 1.29 is 113 Å². The van der Waals surface area contributed by atoms with E-state index in [0.29, 0.717) is 12.8 Å². The van der Waals surface area contributed by atoms with Crippen molar-refractivity contribution in [2.75, 3.05) is 0 Å². The predicted octanol–water partition coefficient (Wildman–Crippen LogP) is -5.90. The quantitative estimate of drug-likeness (QED) is 0.327. The van der Waals surface area contributed by atoms with Gasteiger partial charge in [0.25, 0.3) is 0 Å². The molecule has 0 unspecified atom stereocenters. The van der Waals surface area contributed by atoms with E-state index in [1.807, 2.05) is 0 Å². The second-order valence-corrected chi connectivity index (χ2v) is 3.98. The first-order valence-electron chi connectivity index (χ1n) is 5.65. The van der Waals surface area contributed by atoms with E-state index in [0.717, 1.165) is 19.3 Å². The monoisotopic (exact) mass is 309 g/mol. The number of hydrogen-bond acceptors (Lipinski definition) is 5. The Balaban J connectivity index is -0.00000128. The molecule has 0 aliphatic rings. The molecule has 8 heteroatoms. The molecule has 0 aromatic heterocycles. The summed E-state index contributed by atoms with van der Waals surface area (Å²) in [5, 5.41) is 46.5. The Morgan fingerprint density at radius 1 is 0.789 bits per heavy atom. The first-order chi connectivity index (χ1) is 8.10. The molecule has 90 valence electrons. The van der Waals surface area contributed by atoms with E-state index in [1.165, 1.54) is 0 Å². The maximum absolute atomic E-state index is 10.2. The summed E-state index contributed by atoms with van der Waals surface area (Å²) in [5.41, 5.74) is -1.52. The topological polar surface area (TPSA) is 117 Å². The van der Waals surface area contributed by atoms with E-state index in [-0.39, 0.29) is 116 Å². The molecule has 0 heterocycles. The molecule has 0 fully saturated rings. The number of rotatable bonds is 8. The standard InChI is InChI=1S/C11H14BN3O2.2K/c13-8-11(9-14,10-15)6-4-2-1-3-5-7-12(16)17;;/h1-7H2;;/q-2;2*+1. The van der Waals surface area contributed by atoms with Gasteiger partial charge in [0, 0.05) is 0 Å². The number of hydrogen-bond donors (Lipinski definition) is 0. The molecule has 0 N–H and O–H groups in total. The molecule has 0 bridgehead atoms. The van der Waals surface area contributed by atoms with Crippen molar-refractivity contribution in [2.45, 2.75) is 44.8 Å². The van der Waals surface area contributed by atoms with E-state index >= 15 is 0 Å². The SMILES string of the molecule is N#CC(C#N)(C#N)CCCCCCCB([O-])[O-].[K+].[K+]. The van der Waals surface area contributed by atoms with Crippen LogP contribution in [0.15, 0.2) is 0 Å². The third-order valence-electron chi connectivity index (χ3n) is 2.56. The molecule has 0 saturated heterocycles. The van der Waals surface area contributed by atoms with Gasteiger partial charge in [0.15, 0.2) is 0 Å². The van der Waals surface area contributed by atoms with Crippen LogP contribution in [-0.4, -0.2) is 7.12 Å². The molecule has 0 radical (unpaired) electrons. The van der Waals surface area contributed by atoms with Gasteiger partial charge in [0.2, 0.25) is 5.41 Å². The van der Waals surface area contributed by atoms with Gasteiger partial charge in [-0.3, -0.25) is 0 Å². The van der Waals surface area contributed by atoms with Crippen LogP contribution in [0, 0.1) is 39.4 Å². The summed E-state index contributed by atoms with van der Waals surface area (Å²) in [5.74, 6) is 0. The van der Waals surface area contributed by atoms with Gasteiger partial charge in [-0.05, 0) is 12.8 Å². The molecule has 0 amide bonds. The van der Waals surface area contributed by atoms with Gasteiger partial charge in [0.1, 0.15) is 18.2 Å². The van der Waals surface area contributed by atoms with E-state index in [9.17, 15) is 10.0 Å². The van der Waals surface area contributed by atoms with Gasteiger partial charge in [-0.25, -0.2) is 0 Å². The summed E-state index contributed by atoms with van der Waals surface area (Å²) in [4.78, 5) is 0. The van der Waals surface area contributed by atoms with Crippen LogP contribution < -0.4 is 113 Å². The molecule has 0 spiro atoms. The Labute approximate surface area is 200 Å². The first-order valence-corrected chi connectivity index (χ1v) is 5.65. The average Bonchev–Trinajstić information content (AvgIpc) is 2.33. The van der Waals surface area contributed by atoms with Crippen LogP contribution in [0.1, 0.15) is 38.5 Å². The number of unbranched alkanes of at least 4 members (excludes halogenated alkanes) is 4. The van der Waals surface area contributed by atoms with Crippen molar-refractivity contribution in [3.63, 3.8) is 0 Å². The van der Waals surface area contributed by atoms with Crippen LogP contribution in [-0.2, 0) is 0 Å². The minimum absolute atomic E-state index is 0. The number of nitrogens with zero attached hydrogens (tertiary/aromatic N) is 3. The fourth-order valence-electron chi connectivity index (χ4n) is 1.47. The van der Waals surface area contributed by atoms with Crippen LogP contribution in [0.4, 0.5) is 0 Å². The van der Waals surface area contributed by atoms with Crippen LogP contribution in [0.25, 0.3) is 0 Å². The van der Waals surface area contributed by atoms with Gasteiger partial charge in [-0.2, -0.15) is 15.8 Å². The molecule has 0 aromatic rings. The van der Waals surface area contributed by atoms with Crippen LogP contribution in [0.2, 0.25) is 6.32 Å². The maximum Gasteiger partial charge on any atom is 1.00 e. The van der Waals surface area contributed by atoms with E-state index < -0.39 is 12.5 Å². The fourth-order valence-corrected chi connectivity index (χ4v) is 1.47. The molecule has 0 rings (SSSR count). The van der Waals surface area contributed by atoms with Gasteiger partial charge >= 0.3 is 103 Å².